The van der Waals surface area contributed by atoms with Crippen LogP contribution in [0, 0.1) is 6.92 Å². The first-order chi connectivity index (χ1) is 9.54. The zero-order valence-electron chi connectivity index (χ0n) is 12.1. The van der Waals surface area contributed by atoms with Gasteiger partial charge in [-0.25, -0.2) is 13.1 Å². The van der Waals surface area contributed by atoms with E-state index in [2.05, 4.69) is 25.1 Å². The lowest BCUT2D eigenvalue weighted by Gasteiger charge is -2.14. The molecule has 2 rings (SSSR count). The fraction of sp³-hybridized carbons (Fsp3) is 0.750. The molecule has 0 spiro atoms. The lowest BCUT2D eigenvalue weighted by molar-refractivity contribution is 0.344. The average Bonchev–Trinajstić information content (AvgIpc) is 3.01. The van der Waals surface area contributed by atoms with Crippen molar-refractivity contribution in [2.75, 3.05) is 33.2 Å². The van der Waals surface area contributed by atoms with Crippen LogP contribution in [-0.2, 0) is 16.6 Å². The van der Waals surface area contributed by atoms with Crippen LogP contribution < -0.4 is 10.0 Å². The number of H-pyrrole nitrogens is 1. The van der Waals surface area contributed by atoms with Crippen molar-refractivity contribution in [3.8, 4) is 0 Å². The van der Waals surface area contributed by atoms with Crippen molar-refractivity contribution in [1.82, 2.24) is 25.1 Å². The van der Waals surface area contributed by atoms with Crippen LogP contribution in [-0.4, -0.2) is 56.7 Å². The molecular weight excluding hydrogens is 278 g/mol. The van der Waals surface area contributed by atoms with Gasteiger partial charge < -0.3 is 10.2 Å². The van der Waals surface area contributed by atoms with Crippen LogP contribution in [0.2, 0.25) is 0 Å². The Kier molecular flexibility index (Phi) is 5.14. The fourth-order valence-corrected chi connectivity index (χ4v) is 3.66. The third-order valence-corrected chi connectivity index (χ3v) is 4.99. The Balaban J connectivity index is 1.98. The van der Waals surface area contributed by atoms with Crippen molar-refractivity contribution in [2.45, 2.75) is 31.3 Å². The first kappa shape index (κ1) is 15.4. The molecule has 1 aromatic rings. The van der Waals surface area contributed by atoms with E-state index in [1.165, 1.54) is 12.8 Å². The highest BCUT2D eigenvalue weighted by molar-refractivity contribution is 7.89. The molecule has 7 nitrogen and oxygen atoms in total. The highest BCUT2D eigenvalue weighted by Crippen LogP contribution is 2.15. The second-order valence-corrected chi connectivity index (χ2v) is 6.79. The van der Waals surface area contributed by atoms with Gasteiger partial charge in [-0.3, -0.25) is 5.10 Å². The quantitative estimate of drug-likeness (QED) is 0.649. The number of aryl methyl sites for hydroxylation is 1. The maximum atomic E-state index is 12.3. The van der Waals surface area contributed by atoms with E-state index in [4.69, 9.17) is 0 Å². The molecule has 1 aromatic heterocycles. The second-order valence-electron chi connectivity index (χ2n) is 5.11. The number of hydrogen-bond acceptors (Lipinski definition) is 5. The predicted octanol–water partition coefficient (Wildman–Crippen LogP) is -0.188. The molecule has 0 atom stereocenters. The molecule has 0 unspecified atom stereocenters. The van der Waals surface area contributed by atoms with Gasteiger partial charge in [0.25, 0.3) is 10.0 Å². The standard InChI is InChI=1S/C12H23N5O2S/c1-10-11(9-13-2)12(16-15-10)20(18,19)14-5-8-17-6-3-4-7-17/h13-14H,3-9H2,1-2H3,(H,15,16). The molecule has 2 heterocycles. The van der Waals surface area contributed by atoms with Gasteiger partial charge in [-0.2, -0.15) is 5.10 Å². The van der Waals surface area contributed by atoms with Gasteiger partial charge in [0.15, 0.2) is 5.03 Å². The van der Waals surface area contributed by atoms with E-state index in [9.17, 15) is 8.42 Å². The molecule has 0 radical (unpaired) electrons. The first-order valence-electron chi connectivity index (χ1n) is 6.95. The van der Waals surface area contributed by atoms with Gasteiger partial charge in [0.05, 0.1) is 0 Å². The summed E-state index contributed by atoms with van der Waals surface area (Å²) in [5.41, 5.74) is 1.47. The molecule has 1 saturated heterocycles. The summed E-state index contributed by atoms with van der Waals surface area (Å²) in [5.74, 6) is 0. The van der Waals surface area contributed by atoms with E-state index in [0.717, 1.165) is 25.3 Å². The Morgan fingerprint density at radius 1 is 1.35 bits per heavy atom. The van der Waals surface area contributed by atoms with Gasteiger partial charge in [0, 0.05) is 30.9 Å². The molecule has 0 bridgehead atoms. The molecule has 0 saturated carbocycles. The second kappa shape index (κ2) is 6.66. The minimum absolute atomic E-state index is 0.103. The number of likely N-dealkylation sites (tertiary alicyclic amines) is 1. The molecule has 0 amide bonds. The maximum Gasteiger partial charge on any atom is 0.260 e. The van der Waals surface area contributed by atoms with Crippen molar-refractivity contribution < 1.29 is 8.42 Å². The summed E-state index contributed by atoms with van der Waals surface area (Å²) in [6, 6.07) is 0. The highest BCUT2D eigenvalue weighted by atomic mass is 32.2. The molecular formula is C12H23N5O2S. The number of nitrogens with zero attached hydrogens (tertiary/aromatic N) is 2. The van der Waals surface area contributed by atoms with Crippen LogP contribution in [0.25, 0.3) is 0 Å². The molecule has 8 heteroatoms. The van der Waals surface area contributed by atoms with Gasteiger partial charge in [-0.15, -0.1) is 0 Å². The van der Waals surface area contributed by atoms with E-state index in [1.807, 2.05) is 6.92 Å². The minimum atomic E-state index is -3.54. The Labute approximate surface area is 120 Å². The number of hydrogen-bond donors (Lipinski definition) is 3. The molecule has 20 heavy (non-hydrogen) atoms. The van der Waals surface area contributed by atoms with Crippen LogP contribution in [0.5, 0.6) is 0 Å². The van der Waals surface area contributed by atoms with Gasteiger partial charge >= 0.3 is 0 Å². The van der Waals surface area contributed by atoms with Crippen LogP contribution in [0.1, 0.15) is 24.1 Å². The first-order valence-corrected chi connectivity index (χ1v) is 8.43. The van der Waals surface area contributed by atoms with E-state index in [0.29, 0.717) is 18.7 Å². The third kappa shape index (κ3) is 3.57. The van der Waals surface area contributed by atoms with Gasteiger partial charge in [-0.1, -0.05) is 0 Å². The highest BCUT2D eigenvalue weighted by Gasteiger charge is 2.23. The van der Waals surface area contributed by atoms with Crippen LogP contribution in [0.15, 0.2) is 5.03 Å². The lowest BCUT2D eigenvalue weighted by atomic mass is 10.3. The molecule has 1 aliphatic rings. The Morgan fingerprint density at radius 2 is 2.05 bits per heavy atom. The van der Waals surface area contributed by atoms with Crippen molar-refractivity contribution >= 4 is 10.0 Å². The van der Waals surface area contributed by atoms with Crippen LogP contribution >= 0.6 is 0 Å². The molecule has 0 aliphatic carbocycles. The number of sulfonamides is 1. The zero-order chi connectivity index (χ0) is 14.6. The summed E-state index contributed by atoms with van der Waals surface area (Å²) in [4.78, 5) is 2.27. The number of aromatic nitrogens is 2. The molecule has 1 fully saturated rings. The summed E-state index contributed by atoms with van der Waals surface area (Å²) in [7, 11) is -1.76. The maximum absolute atomic E-state index is 12.3. The van der Waals surface area contributed by atoms with Crippen molar-refractivity contribution in [2.24, 2.45) is 0 Å². The lowest BCUT2D eigenvalue weighted by Crippen LogP contribution is -2.34. The fourth-order valence-electron chi connectivity index (χ4n) is 2.45. The summed E-state index contributed by atoms with van der Waals surface area (Å²) in [6.07, 6.45) is 2.41. The Bertz CT molecular complexity index is 534. The van der Waals surface area contributed by atoms with Gasteiger partial charge in [0.1, 0.15) is 0 Å². The topological polar surface area (TPSA) is 90.1 Å². The van der Waals surface area contributed by atoms with E-state index in [-0.39, 0.29) is 5.03 Å². The summed E-state index contributed by atoms with van der Waals surface area (Å²) < 4.78 is 27.2. The third-order valence-electron chi connectivity index (χ3n) is 3.56. The van der Waals surface area contributed by atoms with Gasteiger partial charge in [-0.05, 0) is 39.9 Å². The largest absolute Gasteiger partial charge is 0.316 e. The van der Waals surface area contributed by atoms with E-state index in [1.54, 1.807) is 7.05 Å². The molecule has 1 aliphatic heterocycles. The van der Waals surface area contributed by atoms with E-state index >= 15 is 0 Å². The van der Waals surface area contributed by atoms with Crippen LogP contribution in [0.3, 0.4) is 0 Å². The van der Waals surface area contributed by atoms with Crippen molar-refractivity contribution in [1.29, 1.82) is 0 Å². The Morgan fingerprint density at radius 3 is 2.70 bits per heavy atom. The zero-order valence-corrected chi connectivity index (χ0v) is 12.9. The predicted molar refractivity (Wildman–Crippen MR) is 77.0 cm³/mol. The SMILES string of the molecule is CNCc1c(S(=O)(=O)NCCN2CCCC2)n[nH]c1C. The van der Waals surface area contributed by atoms with Crippen molar-refractivity contribution in [3.05, 3.63) is 11.3 Å². The minimum Gasteiger partial charge on any atom is -0.316 e. The van der Waals surface area contributed by atoms with Gasteiger partial charge in [0.2, 0.25) is 0 Å². The monoisotopic (exact) mass is 301 g/mol. The number of rotatable bonds is 7. The average molecular weight is 301 g/mol. The smallest absolute Gasteiger partial charge is 0.260 e. The molecule has 0 aromatic carbocycles. The van der Waals surface area contributed by atoms with Crippen LogP contribution in [0.4, 0.5) is 0 Å². The van der Waals surface area contributed by atoms with E-state index < -0.39 is 10.0 Å². The number of nitrogens with one attached hydrogen (secondary N) is 3. The summed E-state index contributed by atoms with van der Waals surface area (Å²) in [5, 5.41) is 9.73. The summed E-state index contributed by atoms with van der Waals surface area (Å²) in [6.45, 7) is 5.60. The number of aromatic amines is 1. The normalized spacial score (nSPS) is 16.9. The Hall–Kier alpha value is -0.960. The molecule has 3 N–H and O–H groups in total. The van der Waals surface area contributed by atoms with Crippen molar-refractivity contribution in [3.63, 3.8) is 0 Å². The molecule has 114 valence electrons. The summed E-state index contributed by atoms with van der Waals surface area (Å²) >= 11 is 0.